The largest absolute Gasteiger partial charge is 0.378 e. The first kappa shape index (κ1) is 13.6. The third-order valence-electron chi connectivity index (χ3n) is 2.81. The van der Waals surface area contributed by atoms with Gasteiger partial charge in [0.05, 0.1) is 6.42 Å². The van der Waals surface area contributed by atoms with Crippen LogP contribution in [0.5, 0.6) is 0 Å². The minimum atomic E-state index is -0.505. The van der Waals surface area contributed by atoms with Gasteiger partial charge in [-0.3, -0.25) is 9.59 Å². The summed E-state index contributed by atoms with van der Waals surface area (Å²) in [6, 6.07) is 7.61. The van der Waals surface area contributed by atoms with E-state index in [1.54, 1.807) is 0 Å². The molecular weight excluding hydrogens is 262 g/mol. The predicted molar refractivity (Wildman–Crippen MR) is 77.1 cm³/mol. The van der Waals surface area contributed by atoms with Crippen LogP contribution < -0.4 is 11.1 Å². The van der Waals surface area contributed by atoms with Gasteiger partial charge in [0.2, 0.25) is 11.8 Å². The summed E-state index contributed by atoms with van der Waals surface area (Å²) in [5.74, 6) is -0.558. The lowest BCUT2D eigenvalue weighted by Gasteiger charge is -2.18. The van der Waals surface area contributed by atoms with Gasteiger partial charge in [-0.15, -0.1) is 0 Å². The second-order valence-electron chi connectivity index (χ2n) is 4.15. The Hall–Kier alpha value is -1.82. The molecule has 0 aliphatic carbocycles. The summed E-state index contributed by atoms with van der Waals surface area (Å²) < 4.78 is 0. The maximum absolute atomic E-state index is 12.1. The molecule has 0 bridgehead atoms. The highest BCUT2D eigenvalue weighted by Gasteiger charge is 2.28. The Morgan fingerprint density at radius 1 is 1.53 bits per heavy atom. The van der Waals surface area contributed by atoms with E-state index in [0.717, 1.165) is 29.4 Å². The fraction of sp³-hybridized carbons (Fsp3) is 0.308. The van der Waals surface area contributed by atoms with Crippen molar-refractivity contribution in [3.63, 3.8) is 0 Å². The number of nitrogens with one attached hydrogen (secondary N) is 1. The van der Waals surface area contributed by atoms with Crippen LogP contribution in [0.1, 0.15) is 18.9 Å². The zero-order chi connectivity index (χ0) is 13.8. The molecule has 1 aliphatic rings. The van der Waals surface area contributed by atoms with Gasteiger partial charge in [-0.05, 0) is 18.1 Å². The minimum absolute atomic E-state index is 0.0888. The molecule has 1 aromatic carbocycles. The highest BCUT2D eigenvalue weighted by molar-refractivity contribution is 8.15. The van der Waals surface area contributed by atoms with Crippen molar-refractivity contribution in [2.45, 2.75) is 25.0 Å². The van der Waals surface area contributed by atoms with Crippen molar-refractivity contribution >= 4 is 34.4 Å². The average Bonchev–Trinajstić information content (AvgIpc) is 2.38. The molecule has 1 unspecified atom stereocenters. The fourth-order valence-corrected chi connectivity index (χ4v) is 2.69. The normalized spacial score (nSPS) is 18.9. The number of carbonyl (C=O) groups excluding carboxylic acids is 2. The number of amidine groups is 1. The van der Waals surface area contributed by atoms with Crippen molar-refractivity contribution in [1.29, 1.82) is 0 Å². The van der Waals surface area contributed by atoms with Crippen LogP contribution in [0.15, 0.2) is 29.3 Å². The Morgan fingerprint density at radius 3 is 2.95 bits per heavy atom. The van der Waals surface area contributed by atoms with Crippen molar-refractivity contribution in [2.75, 3.05) is 5.32 Å². The third kappa shape index (κ3) is 3.35. The molecule has 1 heterocycles. The van der Waals surface area contributed by atoms with Gasteiger partial charge in [0.15, 0.2) is 5.17 Å². The van der Waals surface area contributed by atoms with E-state index in [2.05, 4.69) is 10.3 Å². The number of carbonyl (C=O) groups is 2. The average molecular weight is 277 g/mol. The fourth-order valence-electron chi connectivity index (χ4n) is 1.85. The van der Waals surface area contributed by atoms with Crippen molar-refractivity contribution in [1.82, 2.24) is 0 Å². The molecule has 1 aliphatic heterocycles. The monoisotopic (exact) mass is 277 g/mol. The number of thioether (sulfide) groups is 1. The second-order valence-corrected chi connectivity index (χ2v) is 5.38. The van der Waals surface area contributed by atoms with Crippen LogP contribution in [0.3, 0.4) is 0 Å². The second kappa shape index (κ2) is 5.88. The molecule has 0 saturated carbocycles. The number of anilines is 1. The van der Waals surface area contributed by atoms with Crippen molar-refractivity contribution in [3.05, 3.63) is 29.8 Å². The van der Waals surface area contributed by atoms with Gasteiger partial charge in [0.25, 0.3) is 0 Å². The number of benzene rings is 1. The summed E-state index contributed by atoms with van der Waals surface area (Å²) in [7, 11) is 0. The number of aryl methyl sites for hydroxylation is 1. The van der Waals surface area contributed by atoms with E-state index in [1.165, 1.54) is 0 Å². The van der Waals surface area contributed by atoms with Crippen molar-refractivity contribution < 1.29 is 9.59 Å². The lowest BCUT2D eigenvalue weighted by molar-refractivity contribution is -0.121. The molecule has 100 valence electrons. The highest BCUT2D eigenvalue weighted by Crippen LogP contribution is 2.23. The van der Waals surface area contributed by atoms with E-state index in [1.807, 2.05) is 31.2 Å². The summed E-state index contributed by atoms with van der Waals surface area (Å²) in [5, 5.41) is 2.50. The molecule has 1 atom stereocenters. The van der Waals surface area contributed by atoms with E-state index < -0.39 is 5.25 Å². The van der Waals surface area contributed by atoms with Crippen LogP contribution in [0.4, 0.5) is 5.69 Å². The van der Waals surface area contributed by atoms with Gasteiger partial charge in [-0.2, -0.15) is 4.99 Å². The van der Waals surface area contributed by atoms with Crippen LogP contribution in [-0.2, 0) is 16.0 Å². The van der Waals surface area contributed by atoms with Gasteiger partial charge in [-0.1, -0.05) is 36.9 Å². The molecule has 2 rings (SSSR count). The van der Waals surface area contributed by atoms with Gasteiger partial charge >= 0.3 is 0 Å². The van der Waals surface area contributed by atoms with E-state index in [0.29, 0.717) is 0 Å². The topological polar surface area (TPSA) is 84.5 Å². The molecule has 0 radical (unpaired) electrons. The summed E-state index contributed by atoms with van der Waals surface area (Å²) in [4.78, 5) is 27.0. The SMILES string of the molecule is CCc1ccccc1NC(=O)C1CC(=O)N=C(N)S1. The molecule has 1 aromatic rings. The number of amides is 2. The molecule has 6 heteroatoms. The number of hydrogen-bond donors (Lipinski definition) is 2. The highest BCUT2D eigenvalue weighted by atomic mass is 32.2. The van der Waals surface area contributed by atoms with E-state index >= 15 is 0 Å². The standard InChI is InChI=1S/C13H15N3O2S/c1-2-8-5-3-4-6-9(8)15-12(18)10-7-11(17)16-13(14)19-10/h3-6,10H,2,7H2,1H3,(H,15,18)(H2,14,16,17). The van der Waals surface area contributed by atoms with Crippen molar-refractivity contribution in [2.24, 2.45) is 10.7 Å². The molecule has 2 amide bonds. The van der Waals surface area contributed by atoms with E-state index in [-0.39, 0.29) is 23.4 Å². The summed E-state index contributed by atoms with van der Waals surface area (Å²) in [5.41, 5.74) is 7.36. The summed E-state index contributed by atoms with van der Waals surface area (Å²) >= 11 is 1.13. The molecule has 0 spiro atoms. The lowest BCUT2D eigenvalue weighted by Crippen LogP contribution is -2.33. The summed E-state index contributed by atoms with van der Waals surface area (Å²) in [6.07, 6.45) is 0.919. The number of aliphatic imine (C=N–C) groups is 1. The molecule has 19 heavy (non-hydrogen) atoms. The Balaban J connectivity index is 2.09. The maximum atomic E-state index is 12.1. The Morgan fingerprint density at radius 2 is 2.26 bits per heavy atom. The number of nitrogens with zero attached hydrogens (tertiary/aromatic N) is 1. The zero-order valence-electron chi connectivity index (χ0n) is 10.6. The van der Waals surface area contributed by atoms with Gasteiger partial charge in [-0.25, -0.2) is 0 Å². The van der Waals surface area contributed by atoms with Crippen LogP contribution in [0.2, 0.25) is 0 Å². The van der Waals surface area contributed by atoms with Crippen LogP contribution in [0, 0.1) is 0 Å². The van der Waals surface area contributed by atoms with Gasteiger partial charge < -0.3 is 11.1 Å². The molecule has 3 N–H and O–H groups in total. The Bertz CT molecular complexity index is 542. The van der Waals surface area contributed by atoms with Crippen LogP contribution in [0.25, 0.3) is 0 Å². The van der Waals surface area contributed by atoms with Crippen molar-refractivity contribution in [3.8, 4) is 0 Å². The first-order valence-corrected chi connectivity index (χ1v) is 6.90. The predicted octanol–water partition coefficient (Wildman–Crippen LogP) is 1.53. The number of nitrogens with two attached hydrogens (primary N) is 1. The quantitative estimate of drug-likeness (QED) is 0.877. The molecule has 0 saturated heterocycles. The summed E-state index contributed by atoms with van der Waals surface area (Å²) in [6.45, 7) is 2.02. The molecule has 5 nitrogen and oxygen atoms in total. The maximum Gasteiger partial charge on any atom is 0.249 e. The first-order chi connectivity index (χ1) is 9.10. The smallest absolute Gasteiger partial charge is 0.249 e. The Kier molecular flexibility index (Phi) is 4.21. The minimum Gasteiger partial charge on any atom is -0.378 e. The molecule has 0 aromatic heterocycles. The molecule has 0 fully saturated rings. The first-order valence-electron chi connectivity index (χ1n) is 6.02. The van der Waals surface area contributed by atoms with E-state index in [9.17, 15) is 9.59 Å². The lowest BCUT2D eigenvalue weighted by atomic mass is 10.1. The number of para-hydroxylation sites is 1. The Labute approximate surface area is 115 Å². The number of rotatable bonds is 3. The van der Waals surface area contributed by atoms with Gasteiger partial charge in [0.1, 0.15) is 5.25 Å². The van der Waals surface area contributed by atoms with E-state index in [4.69, 9.17) is 5.73 Å². The molecular formula is C13H15N3O2S. The number of hydrogen-bond acceptors (Lipinski definition) is 4. The van der Waals surface area contributed by atoms with Gasteiger partial charge in [0, 0.05) is 5.69 Å². The third-order valence-corrected chi connectivity index (χ3v) is 3.80. The zero-order valence-corrected chi connectivity index (χ0v) is 11.4. The van der Waals surface area contributed by atoms with Crippen LogP contribution >= 0.6 is 11.8 Å². The van der Waals surface area contributed by atoms with Crippen LogP contribution in [-0.4, -0.2) is 22.2 Å².